The highest BCUT2D eigenvalue weighted by atomic mass is 16.5. The molecular formula is C20H20N2O2. The monoisotopic (exact) mass is 320 g/mol. The van der Waals surface area contributed by atoms with Crippen molar-refractivity contribution in [3.63, 3.8) is 0 Å². The van der Waals surface area contributed by atoms with Crippen LogP contribution in [0.2, 0.25) is 0 Å². The first kappa shape index (κ1) is 16.0. The molecule has 0 amide bonds. The van der Waals surface area contributed by atoms with Gasteiger partial charge in [0.25, 0.3) is 0 Å². The van der Waals surface area contributed by atoms with Crippen LogP contribution in [0.4, 0.5) is 0 Å². The van der Waals surface area contributed by atoms with Gasteiger partial charge in [-0.05, 0) is 36.2 Å². The van der Waals surface area contributed by atoms with E-state index in [2.05, 4.69) is 24.2 Å². The van der Waals surface area contributed by atoms with Crippen molar-refractivity contribution in [3.05, 3.63) is 83.2 Å². The molecule has 3 rings (SSSR count). The molecule has 0 aliphatic carbocycles. The topological polar surface area (TPSA) is 44.1 Å². The van der Waals surface area contributed by atoms with Gasteiger partial charge >= 0.3 is 0 Å². The van der Waals surface area contributed by atoms with Crippen molar-refractivity contribution < 1.29 is 9.53 Å². The summed E-state index contributed by atoms with van der Waals surface area (Å²) in [6.07, 6.45) is 1.51. The number of aromatic nitrogens is 2. The van der Waals surface area contributed by atoms with Gasteiger partial charge in [0.15, 0.2) is 6.29 Å². The van der Waals surface area contributed by atoms with Crippen LogP contribution in [0.3, 0.4) is 0 Å². The van der Waals surface area contributed by atoms with Crippen LogP contribution in [0, 0.1) is 0 Å². The first-order valence-corrected chi connectivity index (χ1v) is 7.92. The first-order chi connectivity index (χ1) is 11.7. The molecule has 1 heterocycles. The van der Waals surface area contributed by atoms with E-state index in [9.17, 15) is 4.79 Å². The van der Waals surface area contributed by atoms with E-state index >= 15 is 0 Å². The minimum Gasteiger partial charge on any atom is -0.497 e. The number of rotatable bonds is 6. The molecule has 0 saturated heterocycles. The van der Waals surface area contributed by atoms with Gasteiger partial charge in [0.05, 0.1) is 13.2 Å². The highest BCUT2D eigenvalue weighted by molar-refractivity contribution is 5.71. The van der Waals surface area contributed by atoms with Gasteiger partial charge in [0.2, 0.25) is 0 Å². The van der Waals surface area contributed by atoms with E-state index in [1.807, 2.05) is 53.2 Å². The summed E-state index contributed by atoms with van der Waals surface area (Å²) < 4.78 is 7.13. The molecule has 0 N–H and O–H groups in total. The summed E-state index contributed by atoms with van der Waals surface area (Å²) in [6, 6.07) is 20.0. The fourth-order valence-corrected chi connectivity index (χ4v) is 2.80. The molecule has 0 aliphatic heterocycles. The molecule has 4 nitrogen and oxygen atoms in total. The standard InChI is InChI=1S/C20H20N2O2/c1-15(17-6-4-3-5-7-17)22-19(13-18(14-23)21-22)12-16-8-10-20(24-2)11-9-16/h3-11,13-15H,12H2,1-2H3. The third-order valence-electron chi connectivity index (χ3n) is 4.15. The molecule has 3 aromatic rings. The highest BCUT2D eigenvalue weighted by Gasteiger charge is 2.15. The number of carbonyl (C=O) groups is 1. The quantitative estimate of drug-likeness (QED) is 0.647. The van der Waals surface area contributed by atoms with Crippen molar-refractivity contribution in [3.8, 4) is 5.75 Å². The van der Waals surface area contributed by atoms with E-state index in [1.54, 1.807) is 7.11 Å². The third kappa shape index (κ3) is 3.38. The minimum atomic E-state index is 0.0631. The van der Waals surface area contributed by atoms with Crippen molar-refractivity contribution in [2.75, 3.05) is 7.11 Å². The number of hydrogen-bond donors (Lipinski definition) is 0. The zero-order chi connectivity index (χ0) is 16.9. The minimum absolute atomic E-state index is 0.0631. The lowest BCUT2D eigenvalue weighted by molar-refractivity contribution is 0.111. The van der Waals surface area contributed by atoms with Crippen LogP contribution in [0.5, 0.6) is 5.75 Å². The van der Waals surface area contributed by atoms with Crippen LogP contribution in [-0.2, 0) is 6.42 Å². The van der Waals surface area contributed by atoms with E-state index in [0.29, 0.717) is 12.1 Å². The summed E-state index contributed by atoms with van der Waals surface area (Å²) in [5.41, 5.74) is 3.78. The Bertz CT molecular complexity index is 807. The second-order valence-electron chi connectivity index (χ2n) is 5.73. The van der Waals surface area contributed by atoms with E-state index in [-0.39, 0.29) is 6.04 Å². The first-order valence-electron chi connectivity index (χ1n) is 7.92. The Labute approximate surface area is 141 Å². The Balaban J connectivity index is 1.92. The molecular weight excluding hydrogens is 300 g/mol. The average molecular weight is 320 g/mol. The Kier molecular flexibility index (Phi) is 4.75. The van der Waals surface area contributed by atoms with E-state index in [4.69, 9.17) is 4.74 Å². The van der Waals surface area contributed by atoms with Gasteiger partial charge < -0.3 is 4.74 Å². The number of carbonyl (C=O) groups excluding carboxylic acids is 1. The van der Waals surface area contributed by atoms with Gasteiger partial charge in [0, 0.05) is 12.1 Å². The van der Waals surface area contributed by atoms with Gasteiger partial charge in [-0.2, -0.15) is 5.10 Å². The fourth-order valence-electron chi connectivity index (χ4n) is 2.80. The molecule has 0 radical (unpaired) electrons. The average Bonchev–Trinajstić information content (AvgIpc) is 3.05. The maximum absolute atomic E-state index is 11.2. The Morgan fingerprint density at radius 3 is 2.46 bits per heavy atom. The van der Waals surface area contributed by atoms with Crippen molar-refractivity contribution in [2.24, 2.45) is 0 Å². The van der Waals surface area contributed by atoms with Gasteiger partial charge in [-0.3, -0.25) is 9.48 Å². The summed E-state index contributed by atoms with van der Waals surface area (Å²) >= 11 is 0. The van der Waals surface area contributed by atoms with E-state index in [0.717, 1.165) is 28.9 Å². The molecule has 0 aliphatic rings. The smallest absolute Gasteiger partial charge is 0.170 e. The zero-order valence-corrected chi connectivity index (χ0v) is 13.8. The maximum atomic E-state index is 11.2. The Morgan fingerprint density at radius 2 is 1.83 bits per heavy atom. The summed E-state index contributed by atoms with van der Waals surface area (Å²) in [5.74, 6) is 0.832. The van der Waals surface area contributed by atoms with Gasteiger partial charge in [0.1, 0.15) is 11.4 Å². The van der Waals surface area contributed by atoms with Crippen LogP contribution in [0.25, 0.3) is 0 Å². The molecule has 24 heavy (non-hydrogen) atoms. The predicted octanol–water partition coefficient (Wildman–Crippen LogP) is 3.90. The van der Waals surface area contributed by atoms with Crippen LogP contribution >= 0.6 is 0 Å². The molecule has 0 spiro atoms. The number of ether oxygens (including phenoxy) is 1. The van der Waals surface area contributed by atoms with Gasteiger partial charge in [-0.25, -0.2) is 0 Å². The summed E-state index contributed by atoms with van der Waals surface area (Å²) in [6.45, 7) is 2.09. The molecule has 0 fully saturated rings. The number of aldehydes is 1. The van der Waals surface area contributed by atoms with Crippen LogP contribution in [0.15, 0.2) is 60.7 Å². The van der Waals surface area contributed by atoms with Gasteiger partial charge in [-0.1, -0.05) is 42.5 Å². The fraction of sp³-hybridized carbons (Fsp3) is 0.200. The molecule has 1 aromatic heterocycles. The van der Waals surface area contributed by atoms with E-state index < -0.39 is 0 Å². The second-order valence-corrected chi connectivity index (χ2v) is 5.73. The van der Waals surface area contributed by atoms with Crippen molar-refractivity contribution >= 4 is 6.29 Å². The lowest BCUT2D eigenvalue weighted by Crippen LogP contribution is -2.12. The van der Waals surface area contributed by atoms with Crippen LogP contribution in [-0.4, -0.2) is 23.2 Å². The van der Waals surface area contributed by atoms with Crippen LogP contribution in [0.1, 0.15) is 40.3 Å². The molecule has 1 unspecified atom stereocenters. The Morgan fingerprint density at radius 1 is 1.12 bits per heavy atom. The number of hydrogen-bond acceptors (Lipinski definition) is 3. The van der Waals surface area contributed by atoms with Crippen molar-refractivity contribution in [1.82, 2.24) is 9.78 Å². The second kappa shape index (κ2) is 7.13. The third-order valence-corrected chi connectivity index (χ3v) is 4.15. The van der Waals surface area contributed by atoms with Crippen LogP contribution < -0.4 is 4.74 Å². The number of methoxy groups -OCH3 is 1. The maximum Gasteiger partial charge on any atom is 0.170 e. The number of benzene rings is 2. The zero-order valence-electron chi connectivity index (χ0n) is 13.8. The van der Waals surface area contributed by atoms with Gasteiger partial charge in [-0.15, -0.1) is 0 Å². The lowest BCUT2D eigenvalue weighted by atomic mass is 10.1. The summed E-state index contributed by atoms with van der Waals surface area (Å²) in [4.78, 5) is 11.2. The van der Waals surface area contributed by atoms with Crippen molar-refractivity contribution in [1.29, 1.82) is 0 Å². The predicted molar refractivity (Wildman–Crippen MR) is 93.7 cm³/mol. The lowest BCUT2D eigenvalue weighted by Gasteiger charge is -2.16. The summed E-state index contributed by atoms with van der Waals surface area (Å²) in [5, 5.41) is 4.46. The Hall–Kier alpha value is -2.88. The molecule has 122 valence electrons. The molecule has 0 saturated carbocycles. The molecule has 4 heteroatoms. The molecule has 1 atom stereocenters. The van der Waals surface area contributed by atoms with E-state index in [1.165, 1.54) is 0 Å². The molecule has 2 aromatic carbocycles. The van der Waals surface area contributed by atoms with Crippen molar-refractivity contribution in [2.45, 2.75) is 19.4 Å². The summed E-state index contributed by atoms with van der Waals surface area (Å²) in [7, 11) is 1.65. The largest absolute Gasteiger partial charge is 0.497 e. The SMILES string of the molecule is COc1ccc(Cc2cc(C=O)nn2C(C)c2ccccc2)cc1. The number of nitrogens with zero attached hydrogens (tertiary/aromatic N) is 2. The molecule has 0 bridgehead atoms. The normalized spacial score (nSPS) is 11.9. The highest BCUT2D eigenvalue weighted by Crippen LogP contribution is 2.22.